The molecule has 1 amide bonds. The highest BCUT2D eigenvalue weighted by molar-refractivity contribution is 6.30. The SMILES string of the molecule is COc1ccc([N+](=O)[O-])cc1OCC(=O)NCc1cccc(Cl)c1. The van der Waals surface area contributed by atoms with Crippen molar-refractivity contribution in [1.29, 1.82) is 0 Å². The minimum Gasteiger partial charge on any atom is -0.493 e. The molecular formula is C16H15ClN2O5. The van der Waals surface area contributed by atoms with E-state index in [1.807, 2.05) is 6.07 Å². The molecule has 0 saturated carbocycles. The first-order valence-electron chi connectivity index (χ1n) is 6.96. The highest BCUT2D eigenvalue weighted by Crippen LogP contribution is 2.30. The molecule has 0 spiro atoms. The van der Waals surface area contributed by atoms with Gasteiger partial charge in [-0.25, -0.2) is 0 Å². The molecule has 8 heteroatoms. The van der Waals surface area contributed by atoms with Crippen molar-refractivity contribution in [2.45, 2.75) is 6.54 Å². The number of benzene rings is 2. The summed E-state index contributed by atoms with van der Waals surface area (Å²) >= 11 is 5.87. The van der Waals surface area contributed by atoms with Crippen LogP contribution in [0, 0.1) is 10.1 Å². The summed E-state index contributed by atoms with van der Waals surface area (Å²) in [6.07, 6.45) is 0. The zero-order chi connectivity index (χ0) is 17.5. The smallest absolute Gasteiger partial charge is 0.273 e. The van der Waals surface area contributed by atoms with Gasteiger partial charge in [-0.05, 0) is 23.8 Å². The number of hydrogen-bond acceptors (Lipinski definition) is 5. The molecule has 1 N–H and O–H groups in total. The maximum absolute atomic E-state index is 11.8. The van der Waals surface area contributed by atoms with E-state index in [1.54, 1.807) is 18.2 Å². The number of nitrogens with one attached hydrogen (secondary N) is 1. The van der Waals surface area contributed by atoms with E-state index in [9.17, 15) is 14.9 Å². The van der Waals surface area contributed by atoms with Crippen molar-refractivity contribution in [2.24, 2.45) is 0 Å². The Bertz CT molecular complexity index is 751. The third-order valence-corrected chi connectivity index (χ3v) is 3.33. The Morgan fingerprint density at radius 1 is 1.25 bits per heavy atom. The lowest BCUT2D eigenvalue weighted by atomic mass is 10.2. The molecule has 0 saturated heterocycles. The number of halogens is 1. The normalized spacial score (nSPS) is 10.1. The molecule has 2 aromatic rings. The number of nitro groups is 1. The number of rotatable bonds is 7. The number of nitro benzene ring substituents is 1. The molecule has 7 nitrogen and oxygen atoms in total. The number of amides is 1. The summed E-state index contributed by atoms with van der Waals surface area (Å²) in [6.45, 7) is 0.00686. The number of nitrogens with zero attached hydrogens (tertiary/aromatic N) is 1. The Kier molecular flexibility index (Phi) is 5.97. The fourth-order valence-corrected chi connectivity index (χ4v) is 2.15. The Labute approximate surface area is 143 Å². The molecule has 0 aliphatic heterocycles. The van der Waals surface area contributed by atoms with Gasteiger partial charge in [0.2, 0.25) is 0 Å². The lowest BCUT2D eigenvalue weighted by Gasteiger charge is -2.10. The molecule has 0 aliphatic carbocycles. The summed E-state index contributed by atoms with van der Waals surface area (Å²) in [5.74, 6) is 0.0661. The first-order chi connectivity index (χ1) is 11.5. The summed E-state index contributed by atoms with van der Waals surface area (Å²) in [7, 11) is 1.41. The number of ether oxygens (including phenoxy) is 2. The molecular weight excluding hydrogens is 336 g/mol. The largest absolute Gasteiger partial charge is 0.493 e. The molecule has 2 rings (SSSR count). The predicted molar refractivity (Wildman–Crippen MR) is 88.4 cm³/mol. The van der Waals surface area contributed by atoms with Crippen LogP contribution >= 0.6 is 11.6 Å². The van der Waals surface area contributed by atoms with E-state index >= 15 is 0 Å². The van der Waals surface area contributed by atoms with E-state index < -0.39 is 4.92 Å². The van der Waals surface area contributed by atoms with Crippen molar-refractivity contribution in [3.05, 3.63) is 63.2 Å². The van der Waals surface area contributed by atoms with Gasteiger partial charge < -0.3 is 14.8 Å². The van der Waals surface area contributed by atoms with Gasteiger partial charge in [-0.3, -0.25) is 14.9 Å². The van der Waals surface area contributed by atoms with E-state index in [-0.39, 0.29) is 24.0 Å². The molecule has 0 aliphatic rings. The molecule has 0 radical (unpaired) electrons. The first-order valence-corrected chi connectivity index (χ1v) is 7.34. The zero-order valence-corrected chi connectivity index (χ0v) is 13.6. The third-order valence-electron chi connectivity index (χ3n) is 3.10. The average Bonchev–Trinajstić information content (AvgIpc) is 2.57. The second-order valence-corrected chi connectivity index (χ2v) is 5.22. The van der Waals surface area contributed by atoms with Crippen molar-refractivity contribution in [3.63, 3.8) is 0 Å². The van der Waals surface area contributed by atoms with Gasteiger partial charge in [0.25, 0.3) is 11.6 Å². The maximum Gasteiger partial charge on any atom is 0.273 e. The minimum absolute atomic E-state index is 0.129. The Balaban J connectivity index is 1.93. The zero-order valence-electron chi connectivity index (χ0n) is 12.8. The average molecular weight is 351 g/mol. The highest BCUT2D eigenvalue weighted by atomic mass is 35.5. The van der Waals surface area contributed by atoms with Gasteiger partial charge in [0.1, 0.15) is 0 Å². The van der Waals surface area contributed by atoms with Crippen LogP contribution in [0.25, 0.3) is 0 Å². The summed E-state index contributed by atoms with van der Waals surface area (Å²) in [5.41, 5.74) is 0.703. The quantitative estimate of drug-likeness (QED) is 0.612. The maximum atomic E-state index is 11.8. The van der Waals surface area contributed by atoms with Gasteiger partial charge in [-0.2, -0.15) is 0 Å². The Morgan fingerprint density at radius 2 is 2.04 bits per heavy atom. The topological polar surface area (TPSA) is 90.7 Å². The standard InChI is InChI=1S/C16H15ClN2O5/c1-23-14-6-5-13(19(21)22)8-15(14)24-10-16(20)18-9-11-3-2-4-12(17)7-11/h2-8H,9-10H2,1H3,(H,18,20). The molecule has 24 heavy (non-hydrogen) atoms. The molecule has 0 aromatic heterocycles. The van der Waals surface area contributed by atoms with Crippen LogP contribution in [0.4, 0.5) is 5.69 Å². The fourth-order valence-electron chi connectivity index (χ4n) is 1.93. The predicted octanol–water partition coefficient (Wildman–Crippen LogP) is 2.95. The second kappa shape index (κ2) is 8.16. The van der Waals surface area contributed by atoms with E-state index in [0.29, 0.717) is 17.3 Å². The van der Waals surface area contributed by atoms with E-state index in [2.05, 4.69) is 5.32 Å². The lowest BCUT2D eigenvalue weighted by Crippen LogP contribution is -2.28. The number of carbonyl (C=O) groups is 1. The molecule has 0 fully saturated rings. The van der Waals surface area contributed by atoms with Crippen molar-refractivity contribution < 1.29 is 19.2 Å². The number of non-ortho nitro benzene ring substituents is 1. The fraction of sp³-hybridized carbons (Fsp3) is 0.188. The van der Waals surface area contributed by atoms with Crippen LogP contribution in [-0.2, 0) is 11.3 Å². The van der Waals surface area contributed by atoms with Crippen LogP contribution < -0.4 is 14.8 Å². The summed E-state index contributed by atoms with van der Waals surface area (Å²) in [6, 6.07) is 11.0. The van der Waals surface area contributed by atoms with Gasteiger partial charge >= 0.3 is 0 Å². The van der Waals surface area contributed by atoms with Crippen LogP contribution in [0.5, 0.6) is 11.5 Å². The van der Waals surface area contributed by atoms with Gasteiger partial charge in [0.05, 0.1) is 18.1 Å². The van der Waals surface area contributed by atoms with Crippen LogP contribution in [-0.4, -0.2) is 24.5 Å². The summed E-state index contributed by atoms with van der Waals surface area (Å²) in [4.78, 5) is 22.1. The van der Waals surface area contributed by atoms with Gasteiger partial charge in [-0.1, -0.05) is 23.7 Å². The van der Waals surface area contributed by atoms with Crippen molar-refractivity contribution in [1.82, 2.24) is 5.32 Å². The number of methoxy groups -OCH3 is 1. The number of hydrogen-bond donors (Lipinski definition) is 1. The molecule has 2 aromatic carbocycles. The van der Waals surface area contributed by atoms with Crippen LogP contribution in [0.1, 0.15) is 5.56 Å². The van der Waals surface area contributed by atoms with Gasteiger partial charge in [-0.15, -0.1) is 0 Å². The molecule has 0 heterocycles. The van der Waals surface area contributed by atoms with Crippen LogP contribution in [0.3, 0.4) is 0 Å². The number of carbonyl (C=O) groups excluding carboxylic acids is 1. The van der Waals surface area contributed by atoms with E-state index in [0.717, 1.165) is 5.56 Å². The first kappa shape index (κ1) is 17.6. The third kappa shape index (κ3) is 4.85. The molecule has 0 bridgehead atoms. The van der Waals surface area contributed by atoms with Gasteiger partial charge in [0.15, 0.2) is 18.1 Å². The molecule has 0 atom stereocenters. The van der Waals surface area contributed by atoms with Crippen LogP contribution in [0.2, 0.25) is 5.02 Å². The lowest BCUT2D eigenvalue weighted by molar-refractivity contribution is -0.385. The van der Waals surface area contributed by atoms with Gasteiger partial charge in [0, 0.05) is 17.6 Å². The molecule has 0 unspecified atom stereocenters. The van der Waals surface area contributed by atoms with Crippen LogP contribution in [0.15, 0.2) is 42.5 Å². The summed E-state index contributed by atoms with van der Waals surface area (Å²) in [5, 5.41) is 14.1. The monoisotopic (exact) mass is 350 g/mol. The highest BCUT2D eigenvalue weighted by Gasteiger charge is 2.13. The minimum atomic E-state index is -0.550. The van der Waals surface area contributed by atoms with Crippen molar-refractivity contribution in [2.75, 3.05) is 13.7 Å². The molecule has 126 valence electrons. The van der Waals surface area contributed by atoms with Crippen molar-refractivity contribution >= 4 is 23.2 Å². The Hall–Kier alpha value is -2.80. The Morgan fingerprint density at radius 3 is 2.71 bits per heavy atom. The summed E-state index contributed by atoms with van der Waals surface area (Å²) < 4.78 is 10.4. The van der Waals surface area contributed by atoms with E-state index in [4.69, 9.17) is 21.1 Å². The van der Waals surface area contributed by atoms with Crippen molar-refractivity contribution in [3.8, 4) is 11.5 Å². The van der Waals surface area contributed by atoms with E-state index in [1.165, 1.54) is 25.3 Å². The second-order valence-electron chi connectivity index (χ2n) is 4.79.